The summed E-state index contributed by atoms with van der Waals surface area (Å²) >= 11 is 14.0. The van der Waals surface area contributed by atoms with E-state index in [1.165, 1.54) is 16.7 Å². The van der Waals surface area contributed by atoms with Crippen LogP contribution in [0.4, 0.5) is 0 Å². The highest BCUT2D eigenvalue weighted by atomic mass is 35.5. The fraction of sp³-hybridized carbons (Fsp3) is 0.333. The Labute approximate surface area is 180 Å². The maximum Gasteiger partial charge on any atom is 0.242 e. The largest absolute Gasteiger partial charge is 0.354 e. The van der Waals surface area contributed by atoms with E-state index >= 15 is 0 Å². The Morgan fingerprint density at radius 1 is 1.07 bits per heavy atom. The van der Waals surface area contributed by atoms with Crippen LogP contribution in [0.5, 0.6) is 0 Å². The van der Waals surface area contributed by atoms with Crippen LogP contribution in [-0.4, -0.2) is 35.1 Å². The highest BCUT2D eigenvalue weighted by Gasteiger charge is 2.27. The first-order valence-corrected chi connectivity index (χ1v) is 10.9. The van der Waals surface area contributed by atoms with E-state index in [0.29, 0.717) is 22.2 Å². The molecule has 0 bridgehead atoms. The molecule has 7 heteroatoms. The average molecular weight is 439 g/mol. The van der Waals surface area contributed by atoms with E-state index in [4.69, 9.17) is 23.2 Å². The van der Waals surface area contributed by atoms with Gasteiger partial charge in [-0.3, -0.25) is 9.59 Å². The zero-order valence-electron chi connectivity index (χ0n) is 16.0. The maximum absolute atomic E-state index is 13.0. The highest BCUT2D eigenvalue weighted by molar-refractivity contribution is 8.00. The number of thioether (sulfide) groups is 1. The Kier molecular flexibility index (Phi) is 9.16. The van der Waals surface area contributed by atoms with E-state index < -0.39 is 6.04 Å². The minimum Gasteiger partial charge on any atom is -0.354 e. The smallest absolute Gasteiger partial charge is 0.242 e. The Bertz CT molecular complexity index is 782. The molecular weight excluding hydrogens is 415 g/mol. The maximum atomic E-state index is 13.0. The Hall–Kier alpha value is -1.69. The van der Waals surface area contributed by atoms with Crippen molar-refractivity contribution in [3.8, 4) is 0 Å². The van der Waals surface area contributed by atoms with E-state index in [9.17, 15) is 9.59 Å². The predicted octanol–water partition coefficient (Wildman–Crippen LogP) is 5.03. The summed E-state index contributed by atoms with van der Waals surface area (Å²) in [5.41, 5.74) is 0.638. The Morgan fingerprint density at radius 2 is 1.71 bits per heavy atom. The number of hydrogen-bond donors (Lipinski definition) is 1. The lowest BCUT2D eigenvalue weighted by molar-refractivity contribution is -0.138. The van der Waals surface area contributed by atoms with Gasteiger partial charge in [0.05, 0.1) is 5.75 Å². The molecule has 1 N–H and O–H groups in total. The van der Waals surface area contributed by atoms with Crippen molar-refractivity contribution in [2.24, 2.45) is 0 Å². The van der Waals surface area contributed by atoms with Crippen LogP contribution in [0.15, 0.2) is 53.4 Å². The van der Waals surface area contributed by atoms with Crippen LogP contribution in [0.1, 0.15) is 25.8 Å². The van der Waals surface area contributed by atoms with Crippen molar-refractivity contribution < 1.29 is 9.59 Å². The Balaban J connectivity index is 2.19. The number of carbonyl (C=O) groups is 2. The van der Waals surface area contributed by atoms with Crippen molar-refractivity contribution in [1.82, 2.24) is 10.2 Å². The van der Waals surface area contributed by atoms with E-state index in [2.05, 4.69) is 5.32 Å². The number of rotatable bonds is 9. The van der Waals surface area contributed by atoms with E-state index in [1.807, 2.05) is 37.3 Å². The van der Waals surface area contributed by atoms with Gasteiger partial charge in [-0.2, -0.15) is 0 Å². The van der Waals surface area contributed by atoms with Gasteiger partial charge in [0.25, 0.3) is 0 Å². The topological polar surface area (TPSA) is 49.4 Å². The molecule has 0 aliphatic rings. The van der Waals surface area contributed by atoms with Gasteiger partial charge in [-0.25, -0.2) is 0 Å². The lowest BCUT2D eigenvalue weighted by Gasteiger charge is -2.29. The summed E-state index contributed by atoms with van der Waals surface area (Å²) in [5, 5.41) is 3.80. The summed E-state index contributed by atoms with van der Waals surface area (Å²) in [6, 6.07) is 14.3. The second kappa shape index (κ2) is 11.3. The van der Waals surface area contributed by atoms with Gasteiger partial charge in [-0.1, -0.05) is 54.4 Å². The van der Waals surface area contributed by atoms with Crippen LogP contribution < -0.4 is 5.32 Å². The molecule has 0 aliphatic heterocycles. The summed E-state index contributed by atoms with van der Waals surface area (Å²) in [6.45, 7) is 4.44. The first-order chi connectivity index (χ1) is 13.4. The quantitative estimate of drug-likeness (QED) is 0.558. The molecule has 0 heterocycles. The van der Waals surface area contributed by atoms with Crippen molar-refractivity contribution in [2.45, 2.75) is 37.8 Å². The molecule has 0 fully saturated rings. The van der Waals surface area contributed by atoms with Crippen LogP contribution in [0, 0.1) is 0 Å². The number of amides is 2. The third kappa shape index (κ3) is 6.43. The fourth-order valence-corrected chi connectivity index (χ4v) is 3.90. The van der Waals surface area contributed by atoms with Gasteiger partial charge in [0.1, 0.15) is 6.04 Å². The molecule has 2 rings (SSSR count). The molecular formula is C21H24Cl2N2O2S. The van der Waals surface area contributed by atoms with E-state index in [1.54, 1.807) is 25.1 Å². The summed E-state index contributed by atoms with van der Waals surface area (Å²) in [5.74, 6) is -0.121. The predicted molar refractivity (Wildman–Crippen MR) is 117 cm³/mol. The summed E-state index contributed by atoms with van der Waals surface area (Å²) in [6.07, 6.45) is 0.826. The van der Waals surface area contributed by atoms with Gasteiger partial charge in [0, 0.05) is 33.6 Å². The lowest BCUT2D eigenvalue weighted by atomic mass is 10.1. The van der Waals surface area contributed by atoms with Gasteiger partial charge in [0.15, 0.2) is 0 Å². The van der Waals surface area contributed by atoms with Crippen LogP contribution in [0.2, 0.25) is 10.0 Å². The SMILES string of the molecule is CCCNC(=O)[C@H](C)N(Cc1c(Cl)cccc1Cl)C(=O)CSc1ccccc1. The first kappa shape index (κ1) is 22.6. The summed E-state index contributed by atoms with van der Waals surface area (Å²) in [4.78, 5) is 28.0. The summed E-state index contributed by atoms with van der Waals surface area (Å²) < 4.78 is 0. The van der Waals surface area contributed by atoms with Crippen LogP contribution in [0.3, 0.4) is 0 Å². The first-order valence-electron chi connectivity index (χ1n) is 9.12. The number of carbonyl (C=O) groups excluding carboxylic acids is 2. The van der Waals surface area contributed by atoms with Crippen molar-refractivity contribution >= 4 is 46.8 Å². The fourth-order valence-electron chi connectivity index (χ4n) is 2.58. The van der Waals surface area contributed by atoms with Crippen LogP contribution >= 0.6 is 35.0 Å². The van der Waals surface area contributed by atoms with Gasteiger partial charge in [-0.15, -0.1) is 11.8 Å². The third-order valence-corrected chi connectivity index (χ3v) is 5.92. The van der Waals surface area contributed by atoms with E-state index in [0.717, 1.165) is 11.3 Å². The van der Waals surface area contributed by atoms with Crippen LogP contribution in [0.25, 0.3) is 0 Å². The van der Waals surface area contributed by atoms with Crippen molar-refractivity contribution in [3.63, 3.8) is 0 Å². The molecule has 0 saturated carbocycles. The monoisotopic (exact) mass is 438 g/mol. The summed E-state index contributed by atoms with van der Waals surface area (Å²) in [7, 11) is 0. The number of hydrogen-bond acceptors (Lipinski definition) is 3. The normalized spacial score (nSPS) is 11.7. The highest BCUT2D eigenvalue weighted by Crippen LogP contribution is 2.27. The van der Waals surface area contributed by atoms with Crippen molar-refractivity contribution in [3.05, 3.63) is 64.1 Å². The second-order valence-corrected chi connectivity index (χ2v) is 8.15. The zero-order chi connectivity index (χ0) is 20.5. The van der Waals surface area contributed by atoms with Gasteiger partial charge < -0.3 is 10.2 Å². The molecule has 150 valence electrons. The van der Waals surface area contributed by atoms with Crippen molar-refractivity contribution in [2.75, 3.05) is 12.3 Å². The molecule has 2 aromatic rings. The number of nitrogens with zero attached hydrogens (tertiary/aromatic N) is 1. The number of halogens is 2. The molecule has 0 aliphatic carbocycles. The second-order valence-electron chi connectivity index (χ2n) is 6.29. The van der Waals surface area contributed by atoms with E-state index in [-0.39, 0.29) is 24.1 Å². The minimum absolute atomic E-state index is 0.149. The zero-order valence-corrected chi connectivity index (χ0v) is 18.3. The van der Waals surface area contributed by atoms with Crippen molar-refractivity contribution in [1.29, 1.82) is 0 Å². The average Bonchev–Trinajstić information content (AvgIpc) is 2.70. The molecule has 28 heavy (non-hydrogen) atoms. The third-order valence-electron chi connectivity index (χ3n) is 4.21. The number of nitrogens with one attached hydrogen (secondary N) is 1. The van der Waals surface area contributed by atoms with Gasteiger partial charge in [-0.05, 0) is 37.6 Å². The molecule has 2 amide bonds. The van der Waals surface area contributed by atoms with Gasteiger partial charge >= 0.3 is 0 Å². The standard InChI is InChI=1S/C21H24Cl2N2O2S/c1-3-12-24-21(27)15(2)25(13-17-18(22)10-7-11-19(17)23)20(26)14-28-16-8-5-4-6-9-16/h4-11,15H,3,12-14H2,1-2H3,(H,24,27)/t15-/m0/s1. The minimum atomic E-state index is -0.636. The van der Waals surface area contributed by atoms with Crippen LogP contribution in [-0.2, 0) is 16.1 Å². The van der Waals surface area contributed by atoms with Gasteiger partial charge in [0.2, 0.25) is 11.8 Å². The molecule has 1 atom stereocenters. The molecule has 0 radical (unpaired) electrons. The molecule has 4 nitrogen and oxygen atoms in total. The molecule has 2 aromatic carbocycles. The molecule has 0 aromatic heterocycles. The molecule has 0 saturated heterocycles. The molecule has 0 spiro atoms. The Morgan fingerprint density at radius 3 is 2.32 bits per heavy atom. The lowest BCUT2D eigenvalue weighted by Crippen LogP contribution is -2.48. The number of benzene rings is 2. The molecule has 0 unspecified atom stereocenters.